The van der Waals surface area contributed by atoms with Crippen molar-refractivity contribution in [1.82, 2.24) is 5.32 Å². The Balaban J connectivity index is 2.15. The molecule has 2 rings (SSSR count). The van der Waals surface area contributed by atoms with E-state index in [0.717, 1.165) is 18.2 Å². The lowest BCUT2D eigenvalue weighted by Gasteiger charge is -2.14. The van der Waals surface area contributed by atoms with Gasteiger partial charge in [-0.1, -0.05) is 12.1 Å². The molecule has 0 radical (unpaired) electrons. The molecule has 0 aliphatic rings. The van der Waals surface area contributed by atoms with Gasteiger partial charge < -0.3 is 5.32 Å². The van der Waals surface area contributed by atoms with E-state index in [0.29, 0.717) is 5.56 Å². The molecule has 0 saturated carbocycles. The van der Waals surface area contributed by atoms with Crippen molar-refractivity contribution < 1.29 is 13.2 Å². The maximum absolute atomic E-state index is 12.4. The number of amides is 1. The lowest BCUT2D eigenvalue weighted by atomic mass is 10.1. The molecule has 1 amide bonds. The summed E-state index contributed by atoms with van der Waals surface area (Å²) in [5.41, 5.74) is 1.16. The molecule has 0 saturated heterocycles. The Bertz CT molecular complexity index is 765. The number of aryl methyl sites for hydroxylation is 1. The molecule has 1 atom stereocenters. The van der Waals surface area contributed by atoms with Gasteiger partial charge in [-0.2, -0.15) is 0 Å². The fourth-order valence-electron chi connectivity index (χ4n) is 2.16. The predicted molar refractivity (Wildman–Crippen MR) is 89.2 cm³/mol. The SMILES string of the molecule is Cc1ccc(S(C)(=O)=O)cc1C(=O)NC(C)Cc1cccs1. The van der Waals surface area contributed by atoms with Crippen molar-refractivity contribution in [2.24, 2.45) is 0 Å². The van der Waals surface area contributed by atoms with E-state index in [9.17, 15) is 13.2 Å². The Labute approximate surface area is 135 Å². The summed E-state index contributed by atoms with van der Waals surface area (Å²) in [5.74, 6) is -0.243. The van der Waals surface area contributed by atoms with E-state index in [1.807, 2.05) is 24.4 Å². The van der Waals surface area contributed by atoms with Crippen molar-refractivity contribution in [2.45, 2.75) is 31.2 Å². The van der Waals surface area contributed by atoms with Crippen LogP contribution in [0.3, 0.4) is 0 Å². The highest BCUT2D eigenvalue weighted by atomic mass is 32.2. The molecule has 1 aromatic heterocycles. The topological polar surface area (TPSA) is 63.2 Å². The second-order valence-electron chi connectivity index (χ2n) is 5.41. The third-order valence-electron chi connectivity index (χ3n) is 3.35. The van der Waals surface area contributed by atoms with E-state index < -0.39 is 9.84 Å². The number of carbonyl (C=O) groups is 1. The van der Waals surface area contributed by atoms with E-state index in [-0.39, 0.29) is 16.8 Å². The predicted octanol–water partition coefficient (Wildman–Crippen LogP) is 2.82. The first-order valence-electron chi connectivity index (χ1n) is 6.91. The zero-order valence-electron chi connectivity index (χ0n) is 12.8. The highest BCUT2D eigenvalue weighted by Gasteiger charge is 2.16. The van der Waals surface area contributed by atoms with Crippen molar-refractivity contribution in [3.63, 3.8) is 0 Å². The first kappa shape index (κ1) is 16.7. The second kappa shape index (κ2) is 6.62. The normalized spacial score (nSPS) is 12.9. The van der Waals surface area contributed by atoms with Crippen LogP contribution in [0.15, 0.2) is 40.6 Å². The van der Waals surface area contributed by atoms with Crippen molar-refractivity contribution in [2.75, 3.05) is 6.26 Å². The molecule has 0 fully saturated rings. The third-order valence-corrected chi connectivity index (χ3v) is 5.36. The van der Waals surface area contributed by atoms with Gasteiger partial charge in [0.1, 0.15) is 0 Å². The summed E-state index contributed by atoms with van der Waals surface area (Å²) in [6, 6.07) is 8.62. The summed E-state index contributed by atoms with van der Waals surface area (Å²) < 4.78 is 23.2. The molecular weight excluding hydrogens is 318 g/mol. The molecular formula is C16H19NO3S2. The van der Waals surface area contributed by atoms with Gasteiger partial charge in [-0.3, -0.25) is 4.79 Å². The van der Waals surface area contributed by atoms with Crippen molar-refractivity contribution in [3.8, 4) is 0 Å². The summed E-state index contributed by atoms with van der Waals surface area (Å²) in [4.78, 5) is 13.7. The summed E-state index contributed by atoms with van der Waals surface area (Å²) in [5, 5.41) is 4.93. The number of hydrogen-bond donors (Lipinski definition) is 1. The van der Waals surface area contributed by atoms with Crippen LogP contribution in [0.25, 0.3) is 0 Å². The van der Waals surface area contributed by atoms with Crippen molar-refractivity contribution in [3.05, 3.63) is 51.7 Å². The van der Waals surface area contributed by atoms with Gasteiger partial charge in [0.15, 0.2) is 9.84 Å². The molecule has 0 aliphatic heterocycles. The van der Waals surface area contributed by atoms with E-state index >= 15 is 0 Å². The Morgan fingerprint density at radius 3 is 2.64 bits per heavy atom. The van der Waals surface area contributed by atoms with Gasteiger partial charge in [0.05, 0.1) is 4.90 Å². The fourth-order valence-corrected chi connectivity index (χ4v) is 3.64. The molecule has 22 heavy (non-hydrogen) atoms. The minimum absolute atomic E-state index is 0.0209. The number of hydrogen-bond acceptors (Lipinski definition) is 4. The zero-order valence-corrected chi connectivity index (χ0v) is 14.4. The van der Waals surface area contributed by atoms with Crippen LogP contribution < -0.4 is 5.32 Å². The summed E-state index contributed by atoms with van der Waals surface area (Å²) in [6.45, 7) is 3.73. The molecule has 1 unspecified atom stereocenters. The number of rotatable bonds is 5. The third kappa shape index (κ3) is 4.18. The highest BCUT2D eigenvalue weighted by molar-refractivity contribution is 7.90. The quantitative estimate of drug-likeness (QED) is 0.912. The summed E-state index contributed by atoms with van der Waals surface area (Å²) >= 11 is 1.65. The maximum Gasteiger partial charge on any atom is 0.251 e. The van der Waals surface area contributed by atoms with Gasteiger partial charge in [-0.05, 0) is 43.0 Å². The molecule has 118 valence electrons. The zero-order chi connectivity index (χ0) is 16.3. The minimum atomic E-state index is -3.32. The number of thiophene rings is 1. The van der Waals surface area contributed by atoms with E-state index in [1.165, 1.54) is 17.0 Å². The molecule has 0 aliphatic carbocycles. The van der Waals surface area contributed by atoms with Crippen LogP contribution in [0, 0.1) is 6.92 Å². The van der Waals surface area contributed by atoms with Gasteiger partial charge in [-0.25, -0.2) is 8.42 Å². The largest absolute Gasteiger partial charge is 0.349 e. The van der Waals surface area contributed by atoms with E-state index in [2.05, 4.69) is 5.32 Å². The van der Waals surface area contributed by atoms with Crippen LogP contribution in [0.4, 0.5) is 0 Å². The molecule has 2 aromatic rings. The Hall–Kier alpha value is -1.66. The Morgan fingerprint density at radius 2 is 2.05 bits per heavy atom. The lowest BCUT2D eigenvalue weighted by Crippen LogP contribution is -2.34. The maximum atomic E-state index is 12.4. The molecule has 4 nitrogen and oxygen atoms in total. The van der Waals surface area contributed by atoms with Crippen LogP contribution >= 0.6 is 11.3 Å². The average Bonchev–Trinajstić information content (AvgIpc) is 2.90. The Morgan fingerprint density at radius 1 is 1.32 bits per heavy atom. The van der Waals surface area contributed by atoms with Gasteiger partial charge in [-0.15, -0.1) is 11.3 Å². The fraction of sp³-hybridized carbons (Fsp3) is 0.312. The molecule has 1 heterocycles. The number of carbonyl (C=O) groups excluding carboxylic acids is 1. The van der Waals surface area contributed by atoms with Crippen LogP contribution in [0.1, 0.15) is 27.7 Å². The van der Waals surface area contributed by atoms with Gasteiger partial charge in [0, 0.05) is 29.2 Å². The molecule has 1 N–H and O–H groups in total. The number of benzene rings is 1. The van der Waals surface area contributed by atoms with Crippen LogP contribution in [0.5, 0.6) is 0 Å². The molecule has 6 heteroatoms. The van der Waals surface area contributed by atoms with Crippen molar-refractivity contribution in [1.29, 1.82) is 0 Å². The van der Waals surface area contributed by atoms with Crippen LogP contribution in [0.2, 0.25) is 0 Å². The second-order valence-corrected chi connectivity index (χ2v) is 8.45. The molecule has 0 bridgehead atoms. The standard InChI is InChI=1S/C16H19NO3S2/c1-11-6-7-14(22(3,19)20)10-15(11)16(18)17-12(2)9-13-5-4-8-21-13/h4-8,10,12H,9H2,1-3H3,(H,17,18). The number of nitrogens with one attached hydrogen (secondary N) is 1. The lowest BCUT2D eigenvalue weighted by molar-refractivity contribution is 0.0939. The summed E-state index contributed by atoms with van der Waals surface area (Å²) in [7, 11) is -3.32. The van der Waals surface area contributed by atoms with E-state index in [4.69, 9.17) is 0 Å². The molecule has 0 spiro atoms. The van der Waals surface area contributed by atoms with Crippen LogP contribution in [-0.4, -0.2) is 26.6 Å². The average molecular weight is 337 g/mol. The molecule has 1 aromatic carbocycles. The first-order chi connectivity index (χ1) is 10.3. The highest BCUT2D eigenvalue weighted by Crippen LogP contribution is 2.16. The number of sulfone groups is 1. The van der Waals surface area contributed by atoms with Gasteiger partial charge in [0.25, 0.3) is 5.91 Å². The smallest absolute Gasteiger partial charge is 0.251 e. The van der Waals surface area contributed by atoms with Crippen LogP contribution in [-0.2, 0) is 16.3 Å². The monoisotopic (exact) mass is 337 g/mol. The van der Waals surface area contributed by atoms with Gasteiger partial charge >= 0.3 is 0 Å². The summed E-state index contributed by atoms with van der Waals surface area (Å²) in [6.07, 6.45) is 1.90. The Kier molecular flexibility index (Phi) is 5.03. The van der Waals surface area contributed by atoms with Gasteiger partial charge in [0.2, 0.25) is 0 Å². The first-order valence-corrected chi connectivity index (χ1v) is 9.68. The van der Waals surface area contributed by atoms with Crippen molar-refractivity contribution >= 4 is 27.1 Å². The van der Waals surface area contributed by atoms with E-state index in [1.54, 1.807) is 24.3 Å². The minimum Gasteiger partial charge on any atom is -0.349 e.